The van der Waals surface area contributed by atoms with E-state index in [0.29, 0.717) is 3.70 Å². The van der Waals surface area contributed by atoms with Gasteiger partial charge in [-0.1, -0.05) is 0 Å². The van der Waals surface area contributed by atoms with E-state index in [9.17, 15) is 21.6 Å². The van der Waals surface area contributed by atoms with Crippen molar-refractivity contribution in [2.45, 2.75) is 24.0 Å². The highest BCUT2D eigenvalue weighted by Crippen LogP contribution is 2.21. The quantitative estimate of drug-likeness (QED) is 0.644. The lowest BCUT2D eigenvalue weighted by Gasteiger charge is -2.17. The molecule has 17 heavy (non-hydrogen) atoms. The van der Waals surface area contributed by atoms with E-state index in [1.54, 1.807) is 0 Å². The maximum absolute atomic E-state index is 12.2. The lowest BCUT2D eigenvalue weighted by molar-refractivity contribution is -0.147. The third kappa shape index (κ3) is 4.07. The lowest BCUT2D eigenvalue weighted by atomic mass is 10.4. The van der Waals surface area contributed by atoms with Gasteiger partial charge < -0.3 is 0 Å². The van der Waals surface area contributed by atoms with Gasteiger partial charge in [0.15, 0.2) is 0 Å². The van der Waals surface area contributed by atoms with Crippen LogP contribution in [0.2, 0.25) is 0 Å². The van der Waals surface area contributed by atoms with Gasteiger partial charge in [0.25, 0.3) is 0 Å². The summed E-state index contributed by atoms with van der Waals surface area (Å²) in [5.41, 5.74) is 0. The first-order valence-corrected chi connectivity index (χ1v) is 6.90. The van der Waals surface area contributed by atoms with Crippen molar-refractivity contribution in [3.05, 3.63) is 22.0 Å². The molecule has 1 rings (SSSR count). The van der Waals surface area contributed by atoms with Crippen molar-refractivity contribution in [2.75, 3.05) is 0 Å². The van der Waals surface area contributed by atoms with Crippen molar-refractivity contribution in [1.82, 2.24) is 9.71 Å². The maximum atomic E-state index is 12.2. The van der Waals surface area contributed by atoms with Gasteiger partial charge in [-0.3, -0.25) is 0 Å². The summed E-state index contributed by atoms with van der Waals surface area (Å²) in [7, 11) is -4.20. The molecule has 0 saturated carbocycles. The number of alkyl halides is 3. The van der Waals surface area contributed by atoms with Crippen molar-refractivity contribution in [3.8, 4) is 0 Å². The molecular formula is C8H8F3IN2O2S. The molecule has 1 aromatic heterocycles. The molecule has 0 aliphatic heterocycles. The number of nitrogens with one attached hydrogen (secondary N) is 1. The fourth-order valence-corrected chi connectivity index (χ4v) is 2.38. The Kier molecular flexibility index (Phi) is 4.36. The van der Waals surface area contributed by atoms with Crippen LogP contribution in [0.15, 0.2) is 23.2 Å². The molecule has 1 atom stereocenters. The summed E-state index contributed by atoms with van der Waals surface area (Å²) >= 11 is 1.86. The van der Waals surface area contributed by atoms with Crippen molar-refractivity contribution >= 4 is 32.6 Å². The third-order valence-corrected chi connectivity index (χ3v) is 4.00. The minimum Gasteiger partial charge on any atom is -0.249 e. The molecule has 0 bridgehead atoms. The van der Waals surface area contributed by atoms with Crippen LogP contribution in [-0.2, 0) is 10.0 Å². The van der Waals surface area contributed by atoms with Crippen LogP contribution in [0.4, 0.5) is 13.2 Å². The Balaban J connectivity index is 2.94. The topological polar surface area (TPSA) is 59.1 Å². The highest BCUT2D eigenvalue weighted by molar-refractivity contribution is 14.1. The summed E-state index contributed by atoms with van der Waals surface area (Å²) in [5.74, 6) is 0. The van der Waals surface area contributed by atoms with E-state index >= 15 is 0 Å². The summed E-state index contributed by atoms with van der Waals surface area (Å²) in [4.78, 5) is 3.40. The van der Waals surface area contributed by atoms with E-state index in [-0.39, 0.29) is 4.90 Å². The second-order valence-corrected chi connectivity index (χ2v) is 6.02. The molecule has 9 heteroatoms. The van der Waals surface area contributed by atoms with Gasteiger partial charge in [-0.05, 0) is 41.6 Å². The SMILES string of the molecule is C[C@H](NS(=O)(=O)c1ccc(I)nc1)C(F)(F)F. The molecule has 0 radical (unpaired) electrons. The number of sulfonamides is 1. The smallest absolute Gasteiger partial charge is 0.249 e. The van der Waals surface area contributed by atoms with E-state index in [0.717, 1.165) is 13.1 Å². The number of nitrogens with zero attached hydrogens (tertiary/aromatic N) is 1. The summed E-state index contributed by atoms with van der Waals surface area (Å²) in [5, 5.41) is 0. The molecule has 0 saturated heterocycles. The molecule has 4 nitrogen and oxygen atoms in total. The molecule has 0 spiro atoms. The zero-order valence-electron chi connectivity index (χ0n) is 8.49. The summed E-state index contributed by atoms with van der Waals surface area (Å²) in [6.07, 6.45) is -3.61. The van der Waals surface area contributed by atoms with Crippen molar-refractivity contribution in [3.63, 3.8) is 0 Å². The molecule has 96 valence electrons. The largest absolute Gasteiger partial charge is 0.404 e. The Labute approximate surface area is 110 Å². The van der Waals surface area contributed by atoms with E-state index < -0.39 is 22.2 Å². The van der Waals surface area contributed by atoms with Crippen LogP contribution in [-0.4, -0.2) is 25.6 Å². The van der Waals surface area contributed by atoms with E-state index in [1.165, 1.54) is 16.9 Å². The van der Waals surface area contributed by atoms with Crippen LogP contribution < -0.4 is 4.72 Å². The second kappa shape index (κ2) is 5.06. The zero-order valence-corrected chi connectivity index (χ0v) is 11.5. The fraction of sp³-hybridized carbons (Fsp3) is 0.375. The maximum Gasteiger partial charge on any atom is 0.404 e. The number of hydrogen-bond donors (Lipinski definition) is 1. The Morgan fingerprint density at radius 2 is 2.00 bits per heavy atom. The highest BCUT2D eigenvalue weighted by atomic mass is 127. The van der Waals surface area contributed by atoms with E-state index in [1.807, 2.05) is 22.6 Å². The summed E-state index contributed by atoms with van der Waals surface area (Å²) in [6, 6.07) is 0.444. The number of pyridine rings is 1. The zero-order chi connectivity index (χ0) is 13.3. The molecule has 0 fully saturated rings. The molecular weight excluding hydrogens is 372 g/mol. The van der Waals surface area contributed by atoms with Crippen LogP contribution in [0, 0.1) is 3.70 Å². The highest BCUT2D eigenvalue weighted by Gasteiger charge is 2.38. The number of hydrogen-bond acceptors (Lipinski definition) is 3. The van der Waals surface area contributed by atoms with Gasteiger partial charge in [-0.25, -0.2) is 13.4 Å². The minimum atomic E-state index is -4.62. The Hall–Kier alpha value is -0.420. The van der Waals surface area contributed by atoms with Crippen molar-refractivity contribution in [2.24, 2.45) is 0 Å². The minimum absolute atomic E-state index is 0.297. The van der Waals surface area contributed by atoms with E-state index in [4.69, 9.17) is 0 Å². The van der Waals surface area contributed by atoms with Gasteiger partial charge in [-0.15, -0.1) is 0 Å². The summed E-state index contributed by atoms with van der Waals surface area (Å²) in [6.45, 7) is 0.734. The lowest BCUT2D eigenvalue weighted by Crippen LogP contribution is -2.42. The Bertz CT molecular complexity index is 486. The molecule has 0 aliphatic rings. The molecule has 0 aliphatic carbocycles. The van der Waals surface area contributed by atoms with Crippen molar-refractivity contribution < 1.29 is 21.6 Å². The molecule has 1 aromatic rings. The third-order valence-electron chi connectivity index (χ3n) is 1.83. The first-order chi connectivity index (χ1) is 7.63. The van der Waals surface area contributed by atoms with Gasteiger partial charge >= 0.3 is 6.18 Å². The van der Waals surface area contributed by atoms with Crippen LogP contribution in [0.1, 0.15) is 6.92 Å². The van der Waals surface area contributed by atoms with Crippen LogP contribution in [0.25, 0.3) is 0 Å². The average Bonchev–Trinajstić information content (AvgIpc) is 2.16. The van der Waals surface area contributed by atoms with Gasteiger partial charge in [0, 0.05) is 6.20 Å². The van der Waals surface area contributed by atoms with Crippen LogP contribution in [0.5, 0.6) is 0 Å². The van der Waals surface area contributed by atoms with Crippen LogP contribution in [0.3, 0.4) is 0 Å². The Morgan fingerprint density at radius 3 is 2.41 bits per heavy atom. The van der Waals surface area contributed by atoms with Gasteiger partial charge in [0.2, 0.25) is 10.0 Å². The Morgan fingerprint density at radius 1 is 1.41 bits per heavy atom. The second-order valence-electron chi connectivity index (χ2n) is 3.20. The average molecular weight is 380 g/mol. The van der Waals surface area contributed by atoms with Crippen LogP contribution >= 0.6 is 22.6 Å². The standard InChI is InChI=1S/C8H8F3IN2O2S/c1-5(8(9,10)11)14-17(15,16)6-2-3-7(12)13-4-6/h2-5,14H,1H3/t5-/m0/s1. The van der Waals surface area contributed by atoms with E-state index in [2.05, 4.69) is 4.98 Å². The van der Waals surface area contributed by atoms with Gasteiger partial charge in [-0.2, -0.15) is 17.9 Å². The molecule has 0 amide bonds. The first kappa shape index (κ1) is 14.6. The molecule has 1 heterocycles. The molecule has 1 N–H and O–H groups in total. The van der Waals surface area contributed by atoms with Gasteiger partial charge in [0.1, 0.15) is 14.6 Å². The predicted octanol–water partition coefficient (Wildman–Crippen LogP) is 1.92. The number of halogens is 4. The van der Waals surface area contributed by atoms with Gasteiger partial charge in [0.05, 0.1) is 0 Å². The monoisotopic (exact) mass is 380 g/mol. The number of aromatic nitrogens is 1. The normalized spacial score (nSPS) is 14.6. The molecule has 0 aromatic carbocycles. The molecule has 0 unspecified atom stereocenters. The summed E-state index contributed by atoms with van der Waals surface area (Å²) < 4.78 is 61.8. The number of rotatable bonds is 3. The fourth-order valence-electron chi connectivity index (χ4n) is 0.889. The first-order valence-electron chi connectivity index (χ1n) is 4.33. The van der Waals surface area contributed by atoms with Crippen molar-refractivity contribution in [1.29, 1.82) is 0 Å². The predicted molar refractivity (Wildman–Crippen MR) is 62.8 cm³/mol.